The SMILES string of the molecule is CN(CCN1CCC(OC(=O)Nc2ccccc2-c2ccccc2)CC1)Cc1ccc(C(=O)N(C)CCN2CCC(OC(=O)Nc3ccccc3-c3ccccc3)CC2)cc1. The largest absolute Gasteiger partial charge is 0.446 e. The van der Waals surface area contributed by atoms with Crippen molar-refractivity contribution in [2.45, 2.75) is 44.4 Å². The third kappa shape index (κ3) is 12.5. The molecule has 318 valence electrons. The summed E-state index contributed by atoms with van der Waals surface area (Å²) < 4.78 is 11.6. The summed E-state index contributed by atoms with van der Waals surface area (Å²) in [6.07, 6.45) is 2.02. The Morgan fingerprint density at radius 2 is 0.984 bits per heavy atom. The van der Waals surface area contributed by atoms with E-state index in [9.17, 15) is 14.4 Å². The third-order valence-corrected chi connectivity index (χ3v) is 11.7. The molecule has 0 radical (unpaired) electrons. The predicted octanol–water partition coefficient (Wildman–Crippen LogP) is 8.95. The van der Waals surface area contributed by atoms with Crippen LogP contribution in [0.1, 0.15) is 41.6 Å². The average molecular weight is 823 g/mol. The molecule has 2 fully saturated rings. The molecule has 0 unspecified atom stereocenters. The minimum Gasteiger partial charge on any atom is -0.446 e. The number of ether oxygens (including phenoxy) is 2. The molecule has 2 heterocycles. The minimum atomic E-state index is -0.436. The monoisotopic (exact) mass is 822 g/mol. The number of likely N-dealkylation sites (tertiary alicyclic amines) is 2. The van der Waals surface area contributed by atoms with E-state index in [0.29, 0.717) is 12.1 Å². The van der Waals surface area contributed by atoms with Crippen LogP contribution in [0.3, 0.4) is 0 Å². The van der Waals surface area contributed by atoms with E-state index in [2.05, 4.69) is 32.4 Å². The first kappa shape index (κ1) is 43.1. The van der Waals surface area contributed by atoms with Crippen molar-refractivity contribution in [3.8, 4) is 22.3 Å². The second-order valence-corrected chi connectivity index (χ2v) is 16.1. The second kappa shape index (κ2) is 21.5. The Labute approximate surface area is 360 Å². The summed E-state index contributed by atoms with van der Waals surface area (Å²) >= 11 is 0. The Hall–Kier alpha value is -6.01. The quantitative estimate of drug-likeness (QED) is 0.108. The maximum atomic E-state index is 13.3. The van der Waals surface area contributed by atoms with Gasteiger partial charge in [0.2, 0.25) is 0 Å². The fourth-order valence-corrected chi connectivity index (χ4v) is 8.08. The second-order valence-electron chi connectivity index (χ2n) is 16.1. The number of carbonyl (C=O) groups is 3. The van der Waals surface area contributed by atoms with Gasteiger partial charge in [0.25, 0.3) is 5.91 Å². The zero-order valence-electron chi connectivity index (χ0n) is 35.4. The Balaban J connectivity index is 0.759. The van der Waals surface area contributed by atoms with Gasteiger partial charge < -0.3 is 29.1 Å². The lowest BCUT2D eigenvalue weighted by Gasteiger charge is -2.32. The molecule has 2 aliphatic heterocycles. The smallest absolute Gasteiger partial charge is 0.411 e. The van der Waals surface area contributed by atoms with Crippen LogP contribution in [0.4, 0.5) is 21.0 Å². The normalized spacial score (nSPS) is 15.3. The highest BCUT2D eigenvalue weighted by Crippen LogP contribution is 2.29. The zero-order chi connectivity index (χ0) is 42.4. The molecule has 61 heavy (non-hydrogen) atoms. The van der Waals surface area contributed by atoms with Crippen LogP contribution in [0.5, 0.6) is 0 Å². The van der Waals surface area contributed by atoms with E-state index < -0.39 is 12.2 Å². The standard InChI is InChI=1S/C50H58N6O5/c1-53(33-35-55-29-25-42(26-30-55)60-49(58)51-46-19-11-9-17-44(46)39-13-5-3-6-14-39)37-38-21-23-41(24-22-38)48(57)54(2)34-36-56-31-27-43(28-32-56)61-50(59)52-47-20-12-10-18-45(47)40-15-7-4-8-16-40/h3-24,42-43H,25-37H2,1-2H3,(H,51,58)(H,52,59). The molecular weight excluding hydrogens is 765 g/mol. The van der Waals surface area contributed by atoms with Crippen molar-refractivity contribution in [1.29, 1.82) is 0 Å². The van der Waals surface area contributed by atoms with Gasteiger partial charge in [0.15, 0.2) is 0 Å². The number of nitrogens with one attached hydrogen (secondary N) is 2. The number of rotatable bonds is 15. The molecule has 11 heteroatoms. The fraction of sp³-hybridized carbons (Fsp3) is 0.340. The number of para-hydroxylation sites is 2. The lowest BCUT2D eigenvalue weighted by Crippen LogP contribution is -2.42. The van der Waals surface area contributed by atoms with E-state index in [1.54, 1.807) is 4.90 Å². The number of hydrogen-bond donors (Lipinski definition) is 2. The summed E-state index contributed by atoms with van der Waals surface area (Å²) in [6.45, 7) is 7.39. The molecule has 2 saturated heterocycles. The first-order valence-corrected chi connectivity index (χ1v) is 21.5. The van der Waals surface area contributed by atoms with Crippen molar-refractivity contribution in [2.75, 3.05) is 77.1 Å². The van der Waals surface area contributed by atoms with E-state index in [1.165, 1.54) is 0 Å². The molecular formula is C50H58N6O5. The topological polar surface area (TPSA) is 107 Å². The van der Waals surface area contributed by atoms with Crippen molar-refractivity contribution in [1.82, 2.24) is 19.6 Å². The maximum Gasteiger partial charge on any atom is 0.411 e. The van der Waals surface area contributed by atoms with Gasteiger partial charge >= 0.3 is 12.2 Å². The summed E-state index contributed by atoms with van der Waals surface area (Å²) in [5.41, 5.74) is 7.30. The van der Waals surface area contributed by atoms with Crippen molar-refractivity contribution in [3.05, 3.63) is 145 Å². The van der Waals surface area contributed by atoms with Gasteiger partial charge in [0.05, 0.1) is 11.4 Å². The third-order valence-electron chi connectivity index (χ3n) is 11.7. The number of benzene rings is 5. The van der Waals surface area contributed by atoms with Gasteiger partial charge in [-0.2, -0.15) is 0 Å². The van der Waals surface area contributed by atoms with E-state index in [4.69, 9.17) is 9.47 Å². The van der Waals surface area contributed by atoms with Crippen molar-refractivity contribution < 1.29 is 23.9 Å². The molecule has 0 spiro atoms. The number of likely N-dealkylation sites (N-methyl/N-ethyl adjacent to an activating group) is 2. The van der Waals surface area contributed by atoms with Crippen LogP contribution in [0.25, 0.3) is 22.3 Å². The minimum absolute atomic E-state index is 0.00689. The van der Waals surface area contributed by atoms with Crippen LogP contribution in [0.15, 0.2) is 133 Å². The number of carbonyl (C=O) groups excluding carboxylic acids is 3. The Morgan fingerprint density at radius 1 is 0.557 bits per heavy atom. The highest BCUT2D eigenvalue weighted by atomic mass is 16.6. The highest BCUT2D eigenvalue weighted by molar-refractivity contribution is 5.94. The average Bonchev–Trinajstić information content (AvgIpc) is 3.29. The van der Waals surface area contributed by atoms with Gasteiger partial charge in [-0.15, -0.1) is 0 Å². The molecule has 7 rings (SSSR count). The summed E-state index contributed by atoms with van der Waals surface area (Å²) in [5, 5.41) is 5.91. The molecule has 0 atom stereocenters. The highest BCUT2D eigenvalue weighted by Gasteiger charge is 2.25. The Kier molecular flexibility index (Phi) is 15.2. The van der Waals surface area contributed by atoms with Gasteiger partial charge in [-0.3, -0.25) is 15.4 Å². The van der Waals surface area contributed by atoms with Gasteiger partial charge in [0, 0.05) is 82.6 Å². The number of nitrogens with zero attached hydrogens (tertiary/aromatic N) is 4. The first-order valence-electron chi connectivity index (χ1n) is 21.5. The van der Waals surface area contributed by atoms with Crippen LogP contribution < -0.4 is 10.6 Å². The number of amides is 3. The summed E-state index contributed by atoms with van der Waals surface area (Å²) in [4.78, 5) is 47.8. The summed E-state index contributed by atoms with van der Waals surface area (Å²) in [5.74, 6) is 0.00689. The van der Waals surface area contributed by atoms with E-state index >= 15 is 0 Å². The van der Waals surface area contributed by atoms with Gasteiger partial charge in [-0.1, -0.05) is 109 Å². The molecule has 0 bridgehead atoms. The van der Waals surface area contributed by atoms with Crippen LogP contribution in [-0.2, 0) is 16.0 Å². The van der Waals surface area contributed by atoms with Crippen LogP contribution >= 0.6 is 0 Å². The van der Waals surface area contributed by atoms with E-state index in [1.807, 2.05) is 141 Å². The number of hydrogen-bond acceptors (Lipinski definition) is 8. The molecule has 3 amide bonds. The molecule has 0 aromatic heterocycles. The zero-order valence-corrected chi connectivity index (χ0v) is 35.4. The molecule has 0 aliphatic carbocycles. The summed E-state index contributed by atoms with van der Waals surface area (Å²) in [7, 11) is 3.98. The molecule has 2 aliphatic rings. The first-order chi connectivity index (χ1) is 29.8. The molecule has 11 nitrogen and oxygen atoms in total. The van der Waals surface area contributed by atoms with Crippen LogP contribution in [0.2, 0.25) is 0 Å². The summed E-state index contributed by atoms with van der Waals surface area (Å²) in [6, 6.07) is 43.5. The fourth-order valence-electron chi connectivity index (χ4n) is 8.08. The molecule has 5 aromatic rings. The van der Waals surface area contributed by atoms with Crippen molar-refractivity contribution >= 4 is 29.5 Å². The molecule has 0 saturated carbocycles. The van der Waals surface area contributed by atoms with Crippen molar-refractivity contribution in [2.24, 2.45) is 0 Å². The molecule has 5 aromatic carbocycles. The molecule has 2 N–H and O–H groups in total. The van der Waals surface area contributed by atoms with E-state index in [0.717, 1.165) is 117 Å². The number of anilines is 2. The van der Waals surface area contributed by atoms with Crippen molar-refractivity contribution in [3.63, 3.8) is 0 Å². The van der Waals surface area contributed by atoms with Crippen LogP contribution in [-0.4, -0.2) is 116 Å². The predicted molar refractivity (Wildman–Crippen MR) is 243 cm³/mol. The van der Waals surface area contributed by atoms with Gasteiger partial charge in [-0.25, -0.2) is 9.59 Å². The maximum absolute atomic E-state index is 13.3. The lowest BCUT2D eigenvalue weighted by atomic mass is 10.0. The Bertz CT molecular complexity index is 2170. The van der Waals surface area contributed by atoms with E-state index in [-0.39, 0.29) is 18.1 Å². The van der Waals surface area contributed by atoms with Gasteiger partial charge in [0.1, 0.15) is 12.2 Å². The Morgan fingerprint density at radius 3 is 1.46 bits per heavy atom. The van der Waals surface area contributed by atoms with Gasteiger partial charge in [-0.05, 0) is 73.7 Å². The van der Waals surface area contributed by atoms with Crippen LogP contribution in [0, 0.1) is 0 Å². The number of piperidine rings is 2. The lowest BCUT2D eigenvalue weighted by molar-refractivity contribution is 0.0539.